The van der Waals surface area contributed by atoms with Crippen molar-refractivity contribution in [3.8, 4) is 22.9 Å². The number of hydrogen-bond acceptors (Lipinski definition) is 4. The normalized spacial score (nSPS) is 11.2. The zero-order valence-corrected chi connectivity index (χ0v) is 15.1. The summed E-state index contributed by atoms with van der Waals surface area (Å²) in [5.41, 5.74) is 4.58. The summed E-state index contributed by atoms with van der Waals surface area (Å²) in [5, 5.41) is 0. The molecule has 3 aromatic carbocycles. The molecular weight excluding hydrogens is 338 g/mol. The molecule has 0 atom stereocenters. The van der Waals surface area contributed by atoms with Gasteiger partial charge in [-0.15, -0.1) is 0 Å². The smallest absolute Gasteiger partial charge is 0.140 e. The fourth-order valence-corrected chi connectivity index (χ4v) is 2.93. The molecule has 27 heavy (non-hydrogen) atoms. The molecule has 134 valence electrons. The van der Waals surface area contributed by atoms with Crippen molar-refractivity contribution in [2.75, 3.05) is 14.2 Å². The molecule has 0 radical (unpaired) electrons. The Kier molecular flexibility index (Phi) is 4.58. The molecule has 0 spiro atoms. The van der Waals surface area contributed by atoms with E-state index in [1.165, 1.54) is 0 Å². The number of nitrogens with one attached hydrogen (secondary N) is 1. The average molecular weight is 357 g/mol. The number of aliphatic imine (C=N–C) groups is 1. The number of nitrogens with zero attached hydrogens (tertiary/aromatic N) is 2. The second kappa shape index (κ2) is 7.33. The average Bonchev–Trinajstić information content (AvgIpc) is 3.16. The largest absolute Gasteiger partial charge is 0.497 e. The number of aromatic nitrogens is 2. The van der Waals surface area contributed by atoms with Crippen molar-refractivity contribution in [3.63, 3.8) is 0 Å². The number of methoxy groups -OCH3 is 2. The van der Waals surface area contributed by atoms with Gasteiger partial charge < -0.3 is 14.5 Å². The van der Waals surface area contributed by atoms with E-state index in [1.807, 2.05) is 66.7 Å². The van der Waals surface area contributed by atoms with Gasteiger partial charge in [0.25, 0.3) is 0 Å². The van der Waals surface area contributed by atoms with Crippen LogP contribution < -0.4 is 9.47 Å². The number of imidazole rings is 1. The summed E-state index contributed by atoms with van der Waals surface area (Å²) in [6, 6.07) is 21.5. The maximum absolute atomic E-state index is 5.44. The first-order valence-electron chi connectivity index (χ1n) is 8.59. The number of ether oxygens (including phenoxy) is 2. The van der Waals surface area contributed by atoms with Crippen molar-refractivity contribution < 1.29 is 9.47 Å². The Labute approximate surface area is 157 Å². The number of rotatable bonds is 5. The van der Waals surface area contributed by atoms with Crippen LogP contribution in [-0.4, -0.2) is 30.4 Å². The topological polar surface area (TPSA) is 59.5 Å². The number of hydrogen-bond donors (Lipinski definition) is 1. The van der Waals surface area contributed by atoms with Gasteiger partial charge in [-0.1, -0.05) is 24.3 Å². The van der Waals surface area contributed by atoms with Gasteiger partial charge >= 0.3 is 0 Å². The van der Waals surface area contributed by atoms with Gasteiger partial charge in [0.1, 0.15) is 17.3 Å². The van der Waals surface area contributed by atoms with E-state index in [1.54, 1.807) is 20.4 Å². The highest BCUT2D eigenvalue weighted by Crippen LogP contribution is 2.30. The predicted octanol–water partition coefficient (Wildman–Crippen LogP) is 5.00. The van der Waals surface area contributed by atoms with E-state index < -0.39 is 0 Å². The molecule has 0 aliphatic heterocycles. The number of benzene rings is 3. The summed E-state index contributed by atoms with van der Waals surface area (Å²) < 4.78 is 10.7. The molecule has 0 amide bonds. The summed E-state index contributed by atoms with van der Waals surface area (Å²) in [7, 11) is 3.26. The molecule has 0 saturated heterocycles. The maximum Gasteiger partial charge on any atom is 0.140 e. The van der Waals surface area contributed by atoms with Gasteiger partial charge in [0, 0.05) is 23.4 Å². The number of H-pyrrole nitrogens is 1. The van der Waals surface area contributed by atoms with Crippen LogP contribution >= 0.6 is 0 Å². The molecule has 0 bridgehead atoms. The third kappa shape index (κ3) is 3.40. The highest BCUT2D eigenvalue weighted by Gasteiger charge is 2.09. The lowest BCUT2D eigenvalue weighted by molar-refractivity contribution is 0.394. The Balaban J connectivity index is 1.72. The molecule has 0 aliphatic rings. The lowest BCUT2D eigenvalue weighted by Gasteiger charge is -2.07. The first-order chi connectivity index (χ1) is 13.3. The van der Waals surface area contributed by atoms with Crippen LogP contribution in [0.2, 0.25) is 0 Å². The van der Waals surface area contributed by atoms with Crippen LogP contribution in [0.5, 0.6) is 11.5 Å². The van der Waals surface area contributed by atoms with Crippen LogP contribution in [0, 0.1) is 0 Å². The zero-order valence-electron chi connectivity index (χ0n) is 15.1. The highest BCUT2D eigenvalue weighted by molar-refractivity contribution is 5.89. The lowest BCUT2D eigenvalue weighted by Crippen LogP contribution is -1.92. The third-order valence-electron chi connectivity index (χ3n) is 4.33. The number of aromatic amines is 1. The number of fused-ring (bicyclic) bond motifs is 1. The van der Waals surface area contributed by atoms with Crippen molar-refractivity contribution in [2.45, 2.75) is 0 Å². The van der Waals surface area contributed by atoms with Gasteiger partial charge in [-0.2, -0.15) is 0 Å². The molecule has 5 nitrogen and oxygen atoms in total. The Morgan fingerprint density at radius 1 is 0.926 bits per heavy atom. The van der Waals surface area contributed by atoms with Crippen molar-refractivity contribution >= 4 is 22.9 Å². The summed E-state index contributed by atoms with van der Waals surface area (Å²) in [6.07, 6.45) is 1.79. The first kappa shape index (κ1) is 16.8. The van der Waals surface area contributed by atoms with Crippen molar-refractivity contribution in [1.82, 2.24) is 9.97 Å². The fourth-order valence-electron chi connectivity index (χ4n) is 2.93. The van der Waals surface area contributed by atoms with E-state index >= 15 is 0 Å². The summed E-state index contributed by atoms with van der Waals surface area (Å²) in [5.74, 6) is 2.25. The zero-order chi connectivity index (χ0) is 18.6. The molecule has 0 aliphatic carbocycles. The minimum atomic E-state index is 0.708. The van der Waals surface area contributed by atoms with Crippen LogP contribution in [0.4, 0.5) is 5.69 Å². The van der Waals surface area contributed by atoms with E-state index in [-0.39, 0.29) is 0 Å². The van der Waals surface area contributed by atoms with Crippen LogP contribution in [0.15, 0.2) is 71.7 Å². The fraction of sp³-hybridized carbons (Fsp3) is 0.0909. The van der Waals surface area contributed by atoms with E-state index in [4.69, 9.17) is 9.47 Å². The van der Waals surface area contributed by atoms with Gasteiger partial charge in [-0.25, -0.2) is 4.98 Å². The molecule has 1 heterocycles. The van der Waals surface area contributed by atoms with E-state index in [2.05, 4.69) is 15.0 Å². The first-order valence-corrected chi connectivity index (χ1v) is 8.59. The van der Waals surface area contributed by atoms with Crippen LogP contribution in [0.3, 0.4) is 0 Å². The van der Waals surface area contributed by atoms with E-state index in [0.717, 1.165) is 39.4 Å². The summed E-state index contributed by atoms with van der Waals surface area (Å²) in [6.45, 7) is 0. The molecule has 5 heteroatoms. The molecule has 1 N–H and O–H groups in total. The minimum absolute atomic E-state index is 0.708. The van der Waals surface area contributed by atoms with Crippen molar-refractivity contribution in [3.05, 3.63) is 72.3 Å². The second-order valence-corrected chi connectivity index (χ2v) is 5.99. The quantitative estimate of drug-likeness (QED) is 0.512. The van der Waals surface area contributed by atoms with Crippen LogP contribution in [0.25, 0.3) is 22.4 Å². The maximum atomic E-state index is 5.44. The SMILES string of the molecule is COc1ccc(C=Nc2ccccc2-c2nc3ccccc3[nH]2)c(OC)c1. The van der Waals surface area contributed by atoms with Crippen molar-refractivity contribution in [1.29, 1.82) is 0 Å². The molecule has 4 aromatic rings. The van der Waals surface area contributed by atoms with Gasteiger partial charge in [0.15, 0.2) is 0 Å². The van der Waals surface area contributed by atoms with E-state index in [0.29, 0.717) is 5.75 Å². The lowest BCUT2D eigenvalue weighted by atomic mass is 10.1. The predicted molar refractivity (Wildman–Crippen MR) is 108 cm³/mol. The number of para-hydroxylation sites is 3. The van der Waals surface area contributed by atoms with Gasteiger partial charge in [-0.05, 0) is 36.4 Å². The van der Waals surface area contributed by atoms with Gasteiger partial charge in [0.2, 0.25) is 0 Å². The Morgan fingerprint density at radius 2 is 1.74 bits per heavy atom. The monoisotopic (exact) mass is 357 g/mol. The summed E-state index contributed by atoms with van der Waals surface area (Å²) in [4.78, 5) is 12.7. The highest BCUT2D eigenvalue weighted by atomic mass is 16.5. The Hall–Kier alpha value is -3.60. The molecule has 4 rings (SSSR count). The molecule has 0 saturated carbocycles. The standard InChI is InChI=1S/C22H19N3O2/c1-26-16-12-11-15(21(13-16)27-2)14-23-18-8-4-3-7-17(18)22-24-19-9-5-6-10-20(19)25-22/h3-14H,1-2H3,(H,24,25). The Morgan fingerprint density at radius 3 is 2.56 bits per heavy atom. The Bertz CT molecular complexity index is 1080. The van der Waals surface area contributed by atoms with E-state index in [9.17, 15) is 0 Å². The molecule has 0 unspecified atom stereocenters. The van der Waals surface area contributed by atoms with Crippen LogP contribution in [-0.2, 0) is 0 Å². The van der Waals surface area contributed by atoms with Crippen LogP contribution in [0.1, 0.15) is 5.56 Å². The molecule has 1 aromatic heterocycles. The van der Waals surface area contributed by atoms with Gasteiger partial charge in [-0.3, -0.25) is 4.99 Å². The second-order valence-electron chi connectivity index (χ2n) is 5.99. The third-order valence-corrected chi connectivity index (χ3v) is 4.33. The molecule has 0 fully saturated rings. The summed E-state index contributed by atoms with van der Waals surface area (Å²) >= 11 is 0. The van der Waals surface area contributed by atoms with Crippen molar-refractivity contribution in [2.24, 2.45) is 4.99 Å². The minimum Gasteiger partial charge on any atom is -0.497 e. The molecular formula is C22H19N3O2. The van der Waals surface area contributed by atoms with Gasteiger partial charge in [0.05, 0.1) is 30.9 Å².